The van der Waals surface area contributed by atoms with Crippen LogP contribution in [0, 0.1) is 18.8 Å². The number of aromatic amines is 1. The van der Waals surface area contributed by atoms with Crippen molar-refractivity contribution in [1.29, 1.82) is 0 Å². The molecule has 11 heteroatoms. The molecule has 2 aromatic rings. The normalized spacial score (nSPS) is 15.4. The van der Waals surface area contributed by atoms with Gasteiger partial charge in [0.25, 0.3) is 5.56 Å². The standard InChI is InChI=1S/C25H37N5O5S/c1-5-6-13-29(21-22(26)30(16-17(2)3)25(33)27-23(21)31)24(32)19-11-14-28(15-12-19)36(34,35)20-9-7-18(4)8-10-20/h7-10,17,19H,5-6,11-16,26H2,1-4H3,(H,27,31,33). The molecule has 0 bridgehead atoms. The Hall–Kier alpha value is -2.92. The number of carbonyl (C=O) groups is 1. The van der Waals surface area contributed by atoms with Crippen molar-refractivity contribution >= 4 is 27.4 Å². The summed E-state index contributed by atoms with van der Waals surface area (Å²) in [4.78, 5) is 42.8. The number of hydrogen-bond acceptors (Lipinski definition) is 6. The minimum Gasteiger partial charge on any atom is -0.383 e. The molecule has 1 saturated heterocycles. The highest BCUT2D eigenvalue weighted by Crippen LogP contribution is 2.28. The van der Waals surface area contributed by atoms with Crippen molar-refractivity contribution in [3.63, 3.8) is 0 Å². The first-order valence-electron chi connectivity index (χ1n) is 12.5. The number of nitrogens with two attached hydrogens (primary N) is 1. The Labute approximate surface area is 212 Å². The zero-order valence-corrected chi connectivity index (χ0v) is 22.3. The average Bonchev–Trinajstić information content (AvgIpc) is 2.83. The first-order valence-corrected chi connectivity index (χ1v) is 13.9. The Morgan fingerprint density at radius 2 is 1.78 bits per heavy atom. The molecular weight excluding hydrogens is 482 g/mol. The van der Waals surface area contributed by atoms with E-state index in [1.807, 2.05) is 27.7 Å². The van der Waals surface area contributed by atoms with Crippen molar-refractivity contribution in [2.45, 2.75) is 64.8 Å². The average molecular weight is 520 g/mol. The fraction of sp³-hybridized carbons (Fsp3) is 0.560. The molecule has 0 radical (unpaired) electrons. The zero-order chi connectivity index (χ0) is 26.6. The molecule has 1 fully saturated rings. The summed E-state index contributed by atoms with van der Waals surface area (Å²) in [6, 6.07) is 6.70. The first kappa shape index (κ1) is 27.7. The lowest BCUT2D eigenvalue weighted by Crippen LogP contribution is -2.47. The number of piperidine rings is 1. The topological polar surface area (TPSA) is 139 Å². The first-order chi connectivity index (χ1) is 17.0. The molecule has 1 amide bonds. The third-order valence-electron chi connectivity index (χ3n) is 6.49. The number of nitrogens with one attached hydrogen (secondary N) is 1. The fourth-order valence-electron chi connectivity index (χ4n) is 4.46. The van der Waals surface area contributed by atoms with E-state index >= 15 is 0 Å². The number of anilines is 2. The smallest absolute Gasteiger partial charge is 0.330 e. The van der Waals surface area contributed by atoms with Gasteiger partial charge in [-0.1, -0.05) is 44.9 Å². The molecule has 1 aromatic heterocycles. The summed E-state index contributed by atoms with van der Waals surface area (Å²) >= 11 is 0. The second kappa shape index (κ2) is 11.4. The molecule has 0 atom stereocenters. The number of rotatable bonds is 9. The second-order valence-electron chi connectivity index (χ2n) is 9.83. The van der Waals surface area contributed by atoms with Crippen LogP contribution >= 0.6 is 0 Å². The number of benzene rings is 1. The highest BCUT2D eigenvalue weighted by Gasteiger charge is 2.35. The lowest BCUT2D eigenvalue weighted by atomic mass is 9.96. The summed E-state index contributed by atoms with van der Waals surface area (Å²) in [6.45, 7) is 8.71. The maximum absolute atomic E-state index is 13.7. The molecule has 0 aliphatic carbocycles. The van der Waals surface area contributed by atoms with Gasteiger partial charge in [-0.3, -0.25) is 19.1 Å². The Kier molecular flexibility index (Phi) is 8.78. The van der Waals surface area contributed by atoms with Gasteiger partial charge in [0.2, 0.25) is 15.9 Å². The number of sulfonamides is 1. The summed E-state index contributed by atoms with van der Waals surface area (Å²) in [5, 5.41) is 0. The van der Waals surface area contributed by atoms with E-state index in [-0.39, 0.29) is 47.9 Å². The van der Waals surface area contributed by atoms with Gasteiger partial charge in [0.1, 0.15) is 5.82 Å². The zero-order valence-electron chi connectivity index (χ0n) is 21.5. The van der Waals surface area contributed by atoms with E-state index in [0.717, 1.165) is 12.0 Å². The van der Waals surface area contributed by atoms with Gasteiger partial charge in [0, 0.05) is 32.1 Å². The molecule has 36 heavy (non-hydrogen) atoms. The van der Waals surface area contributed by atoms with Gasteiger partial charge in [-0.05, 0) is 44.2 Å². The Balaban J connectivity index is 1.85. The van der Waals surface area contributed by atoms with Crippen LogP contribution < -0.4 is 21.9 Å². The monoisotopic (exact) mass is 519 g/mol. The molecule has 1 aliphatic heterocycles. The number of amides is 1. The van der Waals surface area contributed by atoms with Crippen molar-refractivity contribution in [3.8, 4) is 0 Å². The minimum atomic E-state index is -3.65. The summed E-state index contributed by atoms with van der Waals surface area (Å²) in [6.07, 6.45) is 2.10. The summed E-state index contributed by atoms with van der Waals surface area (Å²) < 4.78 is 28.8. The number of nitrogen functional groups attached to an aromatic ring is 1. The van der Waals surface area contributed by atoms with Crippen LogP contribution in [0.15, 0.2) is 38.8 Å². The van der Waals surface area contributed by atoms with Crippen molar-refractivity contribution < 1.29 is 13.2 Å². The predicted octanol–water partition coefficient (Wildman–Crippen LogP) is 2.32. The Bertz CT molecular complexity index is 1290. The molecule has 1 aromatic carbocycles. The van der Waals surface area contributed by atoms with E-state index in [2.05, 4.69) is 4.98 Å². The molecule has 3 rings (SSSR count). The highest BCUT2D eigenvalue weighted by atomic mass is 32.2. The quantitative estimate of drug-likeness (QED) is 0.521. The van der Waals surface area contributed by atoms with Crippen molar-refractivity contribution in [3.05, 3.63) is 50.7 Å². The number of unbranched alkanes of at least 4 members (excludes halogenated alkanes) is 1. The third kappa shape index (κ3) is 5.89. The van der Waals surface area contributed by atoms with E-state index in [1.54, 1.807) is 24.3 Å². The number of hydrogen-bond donors (Lipinski definition) is 2. The molecule has 198 valence electrons. The van der Waals surface area contributed by atoms with Crippen LogP contribution in [-0.2, 0) is 21.4 Å². The van der Waals surface area contributed by atoms with Gasteiger partial charge in [-0.15, -0.1) is 0 Å². The van der Waals surface area contributed by atoms with Crippen LogP contribution in [0.2, 0.25) is 0 Å². The predicted molar refractivity (Wildman–Crippen MR) is 140 cm³/mol. The van der Waals surface area contributed by atoms with E-state index < -0.39 is 27.2 Å². The lowest BCUT2D eigenvalue weighted by Gasteiger charge is -2.34. The van der Waals surface area contributed by atoms with E-state index in [4.69, 9.17) is 5.73 Å². The fourth-order valence-corrected chi connectivity index (χ4v) is 5.93. The molecule has 3 N–H and O–H groups in total. The molecule has 1 aliphatic rings. The van der Waals surface area contributed by atoms with Gasteiger partial charge in [0.05, 0.1) is 4.90 Å². The maximum Gasteiger partial charge on any atom is 0.330 e. The molecule has 0 unspecified atom stereocenters. The van der Waals surface area contributed by atoms with Crippen LogP contribution in [-0.4, -0.2) is 47.8 Å². The number of nitrogens with zero attached hydrogens (tertiary/aromatic N) is 3. The summed E-state index contributed by atoms with van der Waals surface area (Å²) in [7, 11) is -3.65. The van der Waals surface area contributed by atoms with Crippen molar-refractivity contribution in [2.75, 3.05) is 30.3 Å². The molecule has 2 heterocycles. The van der Waals surface area contributed by atoms with Gasteiger partial charge in [-0.2, -0.15) is 4.31 Å². The van der Waals surface area contributed by atoms with E-state index in [1.165, 1.54) is 13.8 Å². The van der Waals surface area contributed by atoms with E-state index in [0.29, 0.717) is 25.8 Å². The number of carbonyl (C=O) groups excluding carboxylic acids is 1. The number of H-pyrrole nitrogens is 1. The molecular formula is C25H37N5O5S. The van der Waals surface area contributed by atoms with Gasteiger partial charge >= 0.3 is 5.69 Å². The summed E-state index contributed by atoms with van der Waals surface area (Å²) in [5.41, 5.74) is 5.95. The van der Waals surface area contributed by atoms with Crippen molar-refractivity contribution in [2.24, 2.45) is 11.8 Å². The second-order valence-corrected chi connectivity index (χ2v) is 11.8. The Morgan fingerprint density at radius 3 is 2.33 bits per heavy atom. The van der Waals surface area contributed by atoms with Crippen LogP contribution in [0.5, 0.6) is 0 Å². The summed E-state index contributed by atoms with van der Waals surface area (Å²) in [5.74, 6) is -0.664. The largest absolute Gasteiger partial charge is 0.383 e. The third-order valence-corrected chi connectivity index (χ3v) is 8.41. The van der Waals surface area contributed by atoms with Crippen LogP contribution in [0.1, 0.15) is 52.0 Å². The molecule has 0 saturated carbocycles. The number of aromatic nitrogens is 2. The minimum absolute atomic E-state index is 0.0107. The van der Waals surface area contributed by atoms with E-state index in [9.17, 15) is 22.8 Å². The molecule has 10 nitrogen and oxygen atoms in total. The van der Waals surface area contributed by atoms with Crippen LogP contribution in [0.3, 0.4) is 0 Å². The van der Waals surface area contributed by atoms with Crippen LogP contribution in [0.4, 0.5) is 11.5 Å². The SMILES string of the molecule is CCCCN(C(=O)C1CCN(S(=O)(=O)c2ccc(C)cc2)CC1)c1c(N)n(CC(C)C)c(=O)[nH]c1=O. The van der Waals surface area contributed by atoms with Gasteiger partial charge in [0.15, 0.2) is 5.69 Å². The lowest BCUT2D eigenvalue weighted by molar-refractivity contribution is -0.123. The maximum atomic E-state index is 13.7. The Morgan fingerprint density at radius 1 is 1.17 bits per heavy atom. The molecule has 0 spiro atoms. The van der Waals surface area contributed by atoms with Crippen molar-refractivity contribution in [1.82, 2.24) is 13.9 Å². The highest BCUT2D eigenvalue weighted by molar-refractivity contribution is 7.89. The van der Waals surface area contributed by atoms with Gasteiger partial charge < -0.3 is 10.6 Å². The number of aryl methyl sites for hydroxylation is 1. The van der Waals surface area contributed by atoms with Gasteiger partial charge in [-0.25, -0.2) is 13.2 Å². The van der Waals surface area contributed by atoms with Crippen LogP contribution in [0.25, 0.3) is 0 Å².